The van der Waals surface area contributed by atoms with E-state index >= 15 is 0 Å². The number of rotatable bonds is 3. The van der Waals surface area contributed by atoms with Crippen molar-refractivity contribution in [3.8, 4) is 0 Å². The Morgan fingerprint density at radius 3 is 2.14 bits per heavy atom. The van der Waals surface area contributed by atoms with Gasteiger partial charge >= 0.3 is 5.97 Å². The lowest BCUT2D eigenvalue weighted by Gasteiger charge is -2.03. The summed E-state index contributed by atoms with van der Waals surface area (Å²) in [5, 5.41) is 8.49. The molecular weight excluding hydrogens is 280 g/mol. The second-order valence-corrected chi connectivity index (χ2v) is 4.84. The molecule has 3 N–H and O–H groups in total. The zero-order chi connectivity index (χ0) is 16.5. The first-order chi connectivity index (χ1) is 10.5. The van der Waals surface area contributed by atoms with Crippen LogP contribution in [0.5, 0.6) is 0 Å². The number of anilines is 1. The minimum absolute atomic E-state index is 0.155. The van der Waals surface area contributed by atoms with Crippen LogP contribution in [-0.4, -0.2) is 17.2 Å². The number of carbonyl (C=O) groups is 1. The number of benzene rings is 2. The summed E-state index contributed by atoms with van der Waals surface area (Å²) in [6.07, 6.45) is 1.51. The highest BCUT2D eigenvalue weighted by atomic mass is 16.4. The number of para-hydroxylation sites is 1. The summed E-state index contributed by atoms with van der Waals surface area (Å²) in [5.74, 6) is -0.475. The van der Waals surface area contributed by atoms with Crippen molar-refractivity contribution < 1.29 is 14.7 Å². The first kappa shape index (κ1) is 17.1. The summed E-state index contributed by atoms with van der Waals surface area (Å²) < 4.78 is 0. The Hall–Kier alpha value is -2.91. The molecule has 2 aromatic carbocycles. The van der Waals surface area contributed by atoms with Gasteiger partial charge in [0.15, 0.2) is 0 Å². The monoisotopic (exact) mass is 298 g/mol. The lowest BCUT2D eigenvalue weighted by Crippen LogP contribution is -2.00. The first-order valence-electron chi connectivity index (χ1n) is 6.71. The van der Waals surface area contributed by atoms with Crippen molar-refractivity contribution in [1.82, 2.24) is 0 Å². The van der Waals surface area contributed by atoms with Gasteiger partial charge in [0.2, 0.25) is 6.08 Å². The van der Waals surface area contributed by atoms with Gasteiger partial charge in [-0.1, -0.05) is 38.1 Å². The van der Waals surface area contributed by atoms with Gasteiger partial charge in [0, 0.05) is 5.69 Å². The molecule has 22 heavy (non-hydrogen) atoms. The minimum atomic E-state index is -0.988. The molecule has 0 aromatic heterocycles. The van der Waals surface area contributed by atoms with Crippen LogP contribution in [0.4, 0.5) is 11.4 Å². The Morgan fingerprint density at radius 1 is 1.14 bits per heavy atom. The van der Waals surface area contributed by atoms with Crippen LogP contribution in [0.15, 0.2) is 53.5 Å². The maximum atomic E-state index is 10.3. The van der Waals surface area contributed by atoms with E-state index in [2.05, 4.69) is 18.8 Å². The molecule has 0 aliphatic rings. The van der Waals surface area contributed by atoms with Crippen LogP contribution < -0.4 is 5.73 Å². The van der Waals surface area contributed by atoms with Gasteiger partial charge in [-0.05, 0) is 35.7 Å². The maximum Gasteiger partial charge on any atom is 0.337 e. The Balaban J connectivity index is 0.000000224. The van der Waals surface area contributed by atoms with Gasteiger partial charge in [-0.2, -0.15) is 4.99 Å². The maximum absolute atomic E-state index is 10.3. The highest BCUT2D eigenvalue weighted by Gasteiger charge is 2.03. The number of hydrogen-bond donors (Lipinski definition) is 2. The fraction of sp³-hybridized carbons (Fsp3) is 0.176. The zero-order valence-corrected chi connectivity index (χ0v) is 12.5. The molecule has 0 heterocycles. The fourth-order valence-electron chi connectivity index (χ4n) is 1.68. The van der Waals surface area contributed by atoms with Crippen molar-refractivity contribution >= 4 is 23.4 Å². The number of aliphatic imine (C=N–C) groups is 1. The van der Waals surface area contributed by atoms with Crippen molar-refractivity contribution in [2.45, 2.75) is 19.8 Å². The van der Waals surface area contributed by atoms with Crippen LogP contribution in [0, 0.1) is 0 Å². The smallest absolute Gasteiger partial charge is 0.337 e. The van der Waals surface area contributed by atoms with Crippen LogP contribution in [-0.2, 0) is 4.79 Å². The van der Waals surface area contributed by atoms with E-state index in [9.17, 15) is 9.59 Å². The molecule has 2 aromatic rings. The van der Waals surface area contributed by atoms with Crippen molar-refractivity contribution in [2.75, 3.05) is 5.73 Å². The predicted molar refractivity (Wildman–Crippen MR) is 86.1 cm³/mol. The van der Waals surface area contributed by atoms with Gasteiger partial charge in [-0.3, -0.25) is 0 Å². The Morgan fingerprint density at radius 2 is 1.73 bits per heavy atom. The van der Waals surface area contributed by atoms with E-state index in [-0.39, 0.29) is 5.56 Å². The average Bonchev–Trinajstić information content (AvgIpc) is 2.49. The lowest BCUT2D eigenvalue weighted by molar-refractivity contribution is 0.0698. The van der Waals surface area contributed by atoms with E-state index in [0.717, 1.165) is 0 Å². The van der Waals surface area contributed by atoms with E-state index < -0.39 is 5.97 Å². The number of isocyanates is 1. The average molecular weight is 298 g/mol. The number of carbonyl (C=O) groups excluding carboxylic acids is 1. The summed E-state index contributed by atoms with van der Waals surface area (Å²) in [4.78, 5) is 23.7. The van der Waals surface area contributed by atoms with E-state index in [1.165, 1.54) is 17.7 Å². The molecule has 0 unspecified atom stereocenters. The molecule has 0 spiro atoms. The molecule has 5 nitrogen and oxygen atoms in total. The van der Waals surface area contributed by atoms with Crippen LogP contribution in [0.2, 0.25) is 0 Å². The summed E-state index contributed by atoms with van der Waals surface area (Å²) in [5.41, 5.74) is 7.71. The fourth-order valence-corrected chi connectivity index (χ4v) is 1.68. The summed E-state index contributed by atoms with van der Waals surface area (Å²) >= 11 is 0. The van der Waals surface area contributed by atoms with Gasteiger partial charge in [-0.15, -0.1) is 0 Å². The van der Waals surface area contributed by atoms with Crippen molar-refractivity contribution in [2.24, 2.45) is 4.99 Å². The van der Waals surface area contributed by atoms with Gasteiger partial charge in [0.05, 0.1) is 11.3 Å². The quantitative estimate of drug-likeness (QED) is 0.513. The Bertz CT molecular complexity index is 673. The molecule has 0 aliphatic heterocycles. The number of hydrogen-bond acceptors (Lipinski definition) is 4. The van der Waals surface area contributed by atoms with Gasteiger partial charge in [0.1, 0.15) is 0 Å². The van der Waals surface area contributed by atoms with Crippen LogP contribution in [0.1, 0.15) is 35.7 Å². The standard InChI is InChI=1S/C10H11NO.C7H7NO2/c1-8(2)9-3-5-10(6-4-9)11-7-12;8-6-4-2-1-3-5(6)7(9)10/h3-6,8H,1-2H3;1-4H,8H2,(H,9,10). The molecule has 0 bridgehead atoms. The number of nitrogens with zero attached hydrogens (tertiary/aromatic N) is 1. The third kappa shape index (κ3) is 5.23. The Kier molecular flexibility index (Phi) is 6.54. The summed E-state index contributed by atoms with van der Waals surface area (Å²) in [6, 6.07) is 13.9. The number of nitrogen functional groups attached to an aromatic ring is 1. The second kappa shape index (κ2) is 8.39. The van der Waals surface area contributed by atoms with E-state index in [4.69, 9.17) is 10.8 Å². The minimum Gasteiger partial charge on any atom is -0.478 e. The van der Waals surface area contributed by atoms with Crippen LogP contribution >= 0.6 is 0 Å². The van der Waals surface area contributed by atoms with E-state index in [1.807, 2.05) is 24.3 Å². The summed E-state index contributed by atoms with van der Waals surface area (Å²) in [7, 11) is 0. The summed E-state index contributed by atoms with van der Waals surface area (Å²) in [6.45, 7) is 4.25. The largest absolute Gasteiger partial charge is 0.478 e. The molecule has 0 saturated carbocycles. The van der Waals surface area contributed by atoms with E-state index in [1.54, 1.807) is 18.2 Å². The highest BCUT2D eigenvalue weighted by Crippen LogP contribution is 2.18. The number of nitrogens with two attached hydrogens (primary N) is 1. The zero-order valence-electron chi connectivity index (χ0n) is 12.5. The molecule has 0 radical (unpaired) electrons. The molecule has 0 aliphatic carbocycles. The number of aromatic carboxylic acids is 1. The van der Waals surface area contributed by atoms with Crippen molar-refractivity contribution in [3.63, 3.8) is 0 Å². The van der Waals surface area contributed by atoms with Gasteiger partial charge < -0.3 is 10.8 Å². The molecule has 0 saturated heterocycles. The predicted octanol–water partition coefficient (Wildman–Crippen LogP) is 3.74. The third-order valence-electron chi connectivity index (χ3n) is 2.93. The van der Waals surface area contributed by atoms with E-state index in [0.29, 0.717) is 17.3 Å². The molecule has 0 atom stereocenters. The Labute approximate surface area is 129 Å². The molecule has 2 rings (SSSR count). The normalized spacial score (nSPS) is 9.41. The van der Waals surface area contributed by atoms with Crippen LogP contribution in [0.3, 0.4) is 0 Å². The highest BCUT2D eigenvalue weighted by molar-refractivity contribution is 5.93. The van der Waals surface area contributed by atoms with Crippen LogP contribution in [0.25, 0.3) is 0 Å². The van der Waals surface area contributed by atoms with Crippen molar-refractivity contribution in [3.05, 3.63) is 59.7 Å². The van der Waals surface area contributed by atoms with Gasteiger partial charge in [0.25, 0.3) is 0 Å². The molecule has 0 fully saturated rings. The molecular formula is C17H18N2O3. The molecule has 5 heteroatoms. The second-order valence-electron chi connectivity index (χ2n) is 4.84. The first-order valence-corrected chi connectivity index (χ1v) is 6.71. The topological polar surface area (TPSA) is 92.8 Å². The van der Waals surface area contributed by atoms with Gasteiger partial charge in [-0.25, -0.2) is 9.59 Å². The number of carboxylic acid groups (broad SMARTS) is 1. The number of carboxylic acids is 1. The SMILES string of the molecule is CC(C)c1ccc(N=C=O)cc1.Nc1ccccc1C(=O)O. The lowest BCUT2D eigenvalue weighted by atomic mass is 10.0. The molecule has 114 valence electrons. The third-order valence-corrected chi connectivity index (χ3v) is 2.93. The van der Waals surface area contributed by atoms with Crippen molar-refractivity contribution in [1.29, 1.82) is 0 Å². The molecule has 0 amide bonds.